The highest BCUT2D eigenvalue weighted by Gasteiger charge is 2.53. The lowest BCUT2D eigenvalue weighted by Crippen LogP contribution is -2.44. The maximum absolute atomic E-state index is 13.9. The first-order valence-corrected chi connectivity index (χ1v) is 14.6. The van der Waals surface area contributed by atoms with E-state index in [9.17, 15) is 34.7 Å². The molecule has 0 aromatic heterocycles. The first-order valence-electron chi connectivity index (χ1n) is 14.6. The summed E-state index contributed by atoms with van der Waals surface area (Å²) in [5.41, 5.74) is 0.320. The van der Waals surface area contributed by atoms with Gasteiger partial charge in [-0.1, -0.05) is 61.5 Å². The van der Waals surface area contributed by atoms with E-state index in [1.165, 1.54) is 32.9 Å². The van der Waals surface area contributed by atoms with Crippen molar-refractivity contribution in [2.24, 2.45) is 5.92 Å². The third-order valence-electron chi connectivity index (χ3n) is 8.13. The number of anilines is 2. The number of nitrogens with zero attached hydrogens (tertiary/aromatic N) is 4. The zero-order valence-corrected chi connectivity index (χ0v) is 24.7. The van der Waals surface area contributed by atoms with Crippen LogP contribution in [0.5, 0.6) is 0 Å². The third-order valence-corrected chi connectivity index (χ3v) is 8.13. The number of hydrogen-bond acceptors (Lipinski definition) is 8. The van der Waals surface area contributed by atoms with Crippen LogP contribution >= 0.6 is 0 Å². The predicted octanol–water partition coefficient (Wildman–Crippen LogP) is 3.89. The molecule has 2 N–H and O–H groups in total. The van der Waals surface area contributed by atoms with Gasteiger partial charge in [-0.3, -0.25) is 24.6 Å². The van der Waals surface area contributed by atoms with E-state index >= 15 is 0 Å². The van der Waals surface area contributed by atoms with Crippen molar-refractivity contribution >= 4 is 35.0 Å². The third kappa shape index (κ3) is 6.42. The number of rotatable bonds is 12. The Bertz CT molecular complexity index is 1610. The lowest BCUT2D eigenvalue weighted by Gasteiger charge is -2.28. The molecule has 1 saturated heterocycles. The Labute approximate surface area is 259 Å². The van der Waals surface area contributed by atoms with Gasteiger partial charge in [-0.2, -0.15) is 0 Å². The fourth-order valence-corrected chi connectivity index (χ4v) is 5.66. The molecule has 2 aliphatic rings. The highest BCUT2D eigenvalue weighted by atomic mass is 16.6. The molecular weight excluding hydrogens is 580 g/mol. The number of nitro groups is 1. The molecule has 0 bridgehead atoms. The number of cyclic esters (lactones) is 1. The number of aliphatic hydroxyl groups excluding tert-OH is 1. The van der Waals surface area contributed by atoms with Crippen LogP contribution < -0.4 is 9.80 Å². The van der Waals surface area contributed by atoms with E-state index in [2.05, 4.69) is 0 Å². The Balaban J connectivity index is 1.35. The van der Waals surface area contributed by atoms with Crippen LogP contribution in [0.3, 0.4) is 0 Å². The summed E-state index contributed by atoms with van der Waals surface area (Å²) in [5, 5.41) is 33.1. The molecule has 45 heavy (non-hydrogen) atoms. The second-order valence-electron chi connectivity index (χ2n) is 11.0. The van der Waals surface area contributed by atoms with E-state index in [0.717, 1.165) is 5.56 Å². The van der Waals surface area contributed by atoms with Crippen molar-refractivity contribution in [3.63, 3.8) is 0 Å². The second-order valence-corrected chi connectivity index (χ2v) is 11.0. The van der Waals surface area contributed by atoms with Crippen LogP contribution in [0.15, 0.2) is 84.9 Å². The Morgan fingerprint density at radius 3 is 2.49 bits per heavy atom. The SMILES string of the molecule is C[C@@H](/C=C/CC(=O)N(CCO)Cc1ccccc1)[C@]1(O)C(=O)N(Cc2ccc(N3CCOC3=O)cc2)c2ccc([N+](=O)[O-])cc21. The van der Waals surface area contributed by atoms with Crippen molar-refractivity contribution in [3.8, 4) is 0 Å². The van der Waals surface area contributed by atoms with Gasteiger partial charge in [0.05, 0.1) is 30.3 Å². The monoisotopic (exact) mass is 614 g/mol. The van der Waals surface area contributed by atoms with Gasteiger partial charge in [-0.25, -0.2) is 4.79 Å². The quantitative estimate of drug-likeness (QED) is 0.177. The summed E-state index contributed by atoms with van der Waals surface area (Å²) in [6, 6.07) is 20.3. The van der Waals surface area contributed by atoms with Gasteiger partial charge in [0.1, 0.15) is 6.61 Å². The van der Waals surface area contributed by atoms with E-state index in [1.807, 2.05) is 30.3 Å². The fraction of sp³-hybridized carbons (Fsp3) is 0.303. The largest absolute Gasteiger partial charge is 0.447 e. The molecule has 2 aliphatic heterocycles. The molecule has 1 fully saturated rings. The maximum Gasteiger partial charge on any atom is 0.414 e. The van der Waals surface area contributed by atoms with Gasteiger partial charge in [0.15, 0.2) is 5.60 Å². The van der Waals surface area contributed by atoms with Crippen LogP contribution in [0, 0.1) is 16.0 Å². The smallest absolute Gasteiger partial charge is 0.414 e. The number of fused-ring (bicyclic) bond motifs is 1. The Morgan fingerprint density at radius 1 is 1.11 bits per heavy atom. The van der Waals surface area contributed by atoms with E-state index in [1.54, 1.807) is 43.3 Å². The summed E-state index contributed by atoms with van der Waals surface area (Å²) < 4.78 is 4.99. The standard InChI is InChI=1S/C33H34N4O8/c1-23(6-5-9-30(39)34(16-18-38)21-24-7-3-2-4-8-24)33(42)28-20-27(37(43)44)14-15-29(28)36(31(33)40)22-25-10-12-26(13-11-25)35-17-19-45-32(35)41/h2-8,10-15,20,23,38,42H,9,16-19,21-22H2,1H3/b6-5+/t23-,33+/m0/s1. The number of benzene rings is 3. The summed E-state index contributed by atoms with van der Waals surface area (Å²) in [7, 11) is 0. The number of ether oxygens (including phenoxy) is 1. The highest BCUT2D eigenvalue weighted by Crippen LogP contribution is 2.47. The second kappa shape index (κ2) is 13.3. The summed E-state index contributed by atoms with van der Waals surface area (Å²) in [6.45, 7) is 2.69. The van der Waals surface area contributed by atoms with E-state index in [4.69, 9.17) is 4.74 Å². The average Bonchev–Trinajstić information content (AvgIpc) is 3.56. The van der Waals surface area contributed by atoms with Crippen LogP contribution in [0.25, 0.3) is 0 Å². The number of non-ortho nitro benzene ring substituents is 1. The molecule has 0 radical (unpaired) electrons. The average molecular weight is 615 g/mol. The van der Waals surface area contributed by atoms with Gasteiger partial charge in [0.25, 0.3) is 11.6 Å². The van der Waals surface area contributed by atoms with Gasteiger partial charge in [0, 0.05) is 48.8 Å². The molecule has 0 spiro atoms. The zero-order valence-electron chi connectivity index (χ0n) is 24.7. The lowest BCUT2D eigenvalue weighted by molar-refractivity contribution is -0.385. The number of carbonyl (C=O) groups is 3. The molecule has 234 valence electrons. The molecule has 2 atom stereocenters. The number of carbonyl (C=O) groups excluding carboxylic acids is 3. The zero-order chi connectivity index (χ0) is 32.1. The van der Waals surface area contributed by atoms with Crippen molar-refractivity contribution in [3.05, 3.63) is 112 Å². The minimum atomic E-state index is -2.13. The van der Waals surface area contributed by atoms with Crippen molar-refractivity contribution < 1.29 is 34.3 Å². The first-order chi connectivity index (χ1) is 21.6. The number of nitro benzene ring substituents is 1. The number of hydrogen-bond donors (Lipinski definition) is 2. The van der Waals surface area contributed by atoms with Crippen molar-refractivity contribution in [1.29, 1.82) is 0 Å². The Morgan fingerprint density at radius 2 is 1.84 bits per heavy atom. The molecule has 2 heterocycles. The summed E-state index contributed by atoms with van der Waals surface area (Å²) >= 11 is 0. The van der Waals surface area contributed by atoms with Gasteiger partial charge in [0.2, 0.25) is 5.91 Å². The lowest BCUT2D eigenvalue weighted by atomic mass is 9.82. The van der Waals surface area contributed by atoms with Crippen LogP contribution in [0.4, 0.5) is 21.9 Å². The molecular formula is C33H34N4O8. The minimum Gasteiger partial charge on any atom is -0.447 e. The molecule has 12 nitrogen and oxygen atoms in total. The van der Waals surface area contributed by atoms with Gasteiger partial charge in [-0.15, -0.1) is 0 Å². The number of amides is 3. The van der Waals surface area contributed by atoms with Crippen molar-refractivity contribution in [1.82, 2.24) is 4.90 Å². The Hall–Kier alpha value is -5.07. The topological polar surface area (TPSA) is 154 Å². The van der Waals surface area contributed by atoms with E-state index in [0.29, 0.717) is 36.6 Å². The number of aliphatic hydroxyl groups is 2. The molecule has 0 aliphatic carbocycles. The predicted molar refractivity (Wildman–Crippen MR) is 165 cm³/mol. The van der Waals surface area contributed by atoms with E-state index in [-0.39, 0.29) is 43.3 Å². The fourth-order valence-electron chi connectivity index (χ4n) is 5.66. The Kier molecular flexibility index (Phi) is 9.26. The summed E-state index contributed by atoms with van der Waals surface area (Å²) in [6.07, 6.45) is 2.66. The molecule has 5 rings (SSSR count). The van der Waals surface area contributed by atoms with Gasteiger partial charge >= 0.3 is 6.09 Å². The molecule has 0 saturated carbocycles. The highest BCUT2D eigenvalue weighted by molar-refractivity contribution is 6.07. The van der Waals surface area contributed by atoms with Crippen LogP contribution in [0.2, 0.25) is 0 Å². The molecule has 3 aromatic carbocycles. The first kappa shape index (κ1) is 31.4. The van der Waals surface area contributed by atoms with Gasteiger partial charge < -0.3 is 24.7 Å². The van der Waals surface area contributed by atoms with Crippen LogP contribution in [-0.4, -0.2) is 64.2 Å². The summed E-state index contributed by atoms with van der Waals surface area (Å²) in [5.74, 6) is -1.75. The summed E-state index contributed by atoms with van der Waals surface area (Å²) in [4.78, 5) is 54.3. The van der Waals surface area contributed by atoms with Gasteiger partial charge in [-0.05, 0) is 29.3 Å². The molecule has 3 aromatic rings. The molecule has 3 amide bonds. The van der Waals surface area contributed by atoms with Crippen LogP contribution in [-0.2, 0) is 33.0 Å². The normalized spacial score (nSPS) is 18.3. The molecule has 12 heteroatoms. The maximum atomic E-state index is 13.9. The van der Waals surface area contributed by atoms with Crippen LogP contribution in [0.1, 0.15) is 30.0 Å². The van der Waals surface area contributed by atoms with Crippen molar-refractivity contribution in [2.45, 2.75) is 32.0 Å². The molecule has 0 unspecified atom stereocenters. The van der Waals surface area contributed by atoms with Crippen molar-refractivity contribution in [2.75, 3.05) is 36.1 Å². The van der Waals surface area contributed by atoms with E-state index < -0.39 is 28.4 Å². The minimum absolute atomic E-state index is 0.0378.